The van der Waals surface area contributed by atoms with E-state index >= 15 is 0 Å². The van der Waals surface area contributed by atoms with Gasteiger partial charge in [0, 0.05) is 52.4 Å². The van der Waals surface area contributed by atoms with E-state index in [9.17, 15) is 8.42 Å². The van der Waals surface area contributed by atoms with Crippen molar-refractivity contribution >= 4 is 10.2 Å². The zero-order valence-corrected chi connectivity index (χ0v) is 12.6. The van der Waals surface area contributed by atoms with Gasteiger partial charge in [0.2, 0.25) is 0 Å². The summed E-state index contributed by atoms with van der Waals surface area (Å²) in [5.41, 5.74) is 0. The van der Waals surface area contributed by atoms with Gasteiger partial charge in [0.05, 0.1) is 0 Å². The third-order valence-corrected chi connectivity index (χ3v) is 5.62. The van der Waals surface area contributed by atoms with Gasteiger partial charge in [-0.1, -0.05) is 6.92 Å². The van der Waals surface area contributed by atoms with Crippen LogP contribution in [-0.4, -0.2) is 70.0 Å². The molecule has 0 unspecified atom stereocenters. The summed E-state index contributed by atoms with van der Waals surface area (Å²) in [5, 5.41) is 3.29. The highest BCUT2D eigenvalue weighted by molar-refractivity contribution is 7.87. The first-order chi connectivity index (χ1) is 9.08. The van der Waals surface area contributed by atoms with Gasteiger partial charge in [-0.15, -0.1) is 0 Å². The fourth-order valence-electron chi connectivity index (χ4n) is 2.58. The maximum atomic E-state index is 12.1. The summed E-state index contributed by atoms with van der Waals surface area (Å²) in [7, 11) is -3.27. The highest BCUT2D eigenvalue weighted by Gasteiger charge is 2.25. The molecular formula is C12H26N4O2S. The second-order valence-corrected chi connectivity index (χ2v) is 7.33. The summed E-state index contributed by atoms with van der Waals surface area (Å²) < 4.78 is 28.6. The molecular weight excluding hydrogens is 264 g/mol. The van der Waals surface area contributed by atoms with Gasteiger partial charge in [0.15, 0.2) is 0 Å². The van der Waals surface area contributed by atoms with Crippen LogP contribution in [0.5, 0.6) is 0 Å². The lowest BCUT2D eigenvalue weighted by molar-refractivity contribution is 0.243. The highest BCUT2D eigenvalue weighted by Crippen LogP contribution is 2.17. The van der Waals surface area contributed by atoms with E-state index < -0.39 is 10.2 Å². The first-order valence-electron chi connectivity index (χ1n) is 7.26. The molecule has 2 saturated heterocycles. The first-order valence-corrected chi connectivity index (χ1v) is 8.70. The molecule has 0 aromatic carbocycles. The van der Waals surface area contributed by atoms with Crippen LogP contribution in [0.15, 0.2) is 0 Å². The van der Waals surface area contributed by atoms with Crippen molar-refractivity contribution in [3.05, 3.63) is 0 Å². The maximum absolute atomic E-state index is 12.1. The van der Waals surface area contributed by atoms with Crippen LogP contribution in [0.1, 0.15) is 19.8 Å². The molecule has 2 aliphatic rings. The Balaban J connectivity index is 1.71. The predicted octanol–water partition coefficient (Wildman–Crippen LogP) is -0.542. The second-order valence-electron chi connectivity index (χ2n) is 5.57. The fraction of sp³-hybridized carbons (Fsp3) is 1.00. The van der Waals surface area contributed by atoms with E-state index in [0.717, 1.165) is 45.6 Å². The molecule has 0 amide bonds. The minimum atomic E-state index is -3.27. The third-order valence-electron chi connectivity index (χ3n) is 4.00. The molecule has 2 fully saturated rings. The van der Waals surface area contributed by atoms with E-state index in [1.54, 1.807) is 4.31 Å². The van der Waals surface area contributed by atoms with E-state index in [1.807, 2.05) is 0 Å². The lowest BCUT2D eigenvalue weighted by Crippen LogP contribution is -2.49. The molecule has 0 saturated carbocycles. The number of nitrogens with zero attached hydrogens (tertiary/aromatic N) is 2. The van der Waals surface area contributed by atoms with Crippen molar-refractivity contribution in [3.8, 4) is 0 Å². The van der Waals surface area contributed by atoms with Crippen LogP contribution >= 0.6 is 0 Å². The van der Waals surface area contributed by atoms with Crippen molar-refractivity contribution in [1.82, 2.24) is 19.2 Å². The molecule has 0 aromatic heterocycles. The largest absolute Gasteiger partial charge is 0.314 e. The van der Waals surface area contributed by atoms with E-state index in [2.05, 4.69) is 21.9 Å². The summed E-state index contributed by atoms with van der Waals surface area (Å²) in [6.45, 7) is 8.80. The molecule has 7 heteroatoms. The van der Waals surface area contributed by atoms with Gasteiger partial charge in [-0.2, -0.15) is 12.7 Å². The molecule has 6 nitrogen and oxygen atoms in total. The molecule has 2 heterocycles. The fourth-order valence-corrected chi connectivity index (χ4v) is 3.81. The maximum Gasteiger partial charge on any atom is 0.279 e. The number of piperidine rings is 1. The molecule has 2 aliphatic heterocycles. The topological polar surface area (TPSA) is 64.7 Å². The molecule has 0 radical (unpaired) electrons. The van der Waals surface area contributed by atoms with E-state index in [-0.39, 0.29) is 0 Å². The zero-order chi connectivity index (χ0) is 13.7. The Morgan fingerprint density at radius 3 is 2.42 bits per heavy atom. The van der Waals surface area contributed by atoms with Gasteiger partial charge in [0.25, 0.3) is 10.2 Å². The second kappa shape index (κ2) is 6.99. The van der Waals surface area contributed by atoms with E-state index in [4.69, 9.17) is 0 Å². The van der Waals surface area contributed by atoms with Crippen LogP contribution in [0.4, 0.5) is 0 Å². The molecule has 0 aromatic rings. The van der Waals surface area contributed by atoms with E-state index in [1.165, 1.54) is 0 Å². The Bertz CT molecular complexity index is 360. The number of piperazine rings is 1. The third kappa shape index (κ3) is 4.68. The van der Waals surface area contributed by atoms with Crippen molar-refractivity contribution < 1.29 is 8.42 Å². The summed E-state index contributed by atoms with van der Waals surface area (Å²) in [5.74, 6) is 0.646. The minimum absolute atomic E-state index is 0.508. The van der Waals surface area contributed by atoms with Crippen LogP contribution in [0.25, 0.3) is 0 Å². The Morgan fingerprint density at radius 1 is 1.16 bits per heavy atom. The van der Waals surface area contributed by atoms with Crippen LogP contribution < -0.4 is 10.0 Å². The van der Waals surface area contributed by atoms with Crippen molar-refractivity contribution in [2.24, 2.45) is 5.92 Å². The standard InChI is InChI=1S/C12H26N4O2S/c1-12-2-7-16(8-3-12)19(17,18)14-6-11-15-9-4-13-5-10-15/h12-14H,2-11H2,1H3. The van der Waals surface area contributed by atoms with Gasteiger partial charge < -0.3 is 5.32 Å². The Kier molecular flexibility index (Phi) is 5.58. The zero-order valence-electron chi connectivity index (χ0n) is 11.8. The van der Waals surface area contributed by atoms with Crippen LogP contribution in [0.3, 0.4) is 0 Å². The van der Waals surface area contributed by atoms with E-state index in [0.29, 0.717) is 25.6 Å². The summed E-state index contributed by atoms with van der Waals surface area (Å²) in [6.07, 6.45) is 1.94. The number of nitrogens with one attached hydrogen (secondary N) is 2. The molecule has 19 heavy (non-hydrogen) atoms. The molecule has 2 N–H and O–H groups in total. The molecule has 112 valence electrons. The molecule has 0 spiro atoms. The lowest BCUT2D eigenvalue weighted by atomic mass is 10.0. The van der Waals surface area contributed by atoms with Gasteiger partial charge in [0.1, 0.15) is 0 Å². The van der Waals surface area contributed by atoms with Crippen molar-refractivity contribution in [1.29, 1.82) is 0 Å². The van der Waals surface area contributed by atoms with Crippen LogP contribution in [0, 0.1) is 5.92 Å². The summed E-state index contributed by atoms with van der Waals surface area (Å²) in [4.78, 5) is 2.29. The van der Waals surface area contributed by atoms with Gasteiger partial charge in [-0.3, -0.25) is 4.90 Å². The smallest absolute Gasteiger partial charge is 0.279 e. The number of hydrogen-bond donors (Lipinski definition) is 2. The highest BCUT2D eigenvalue weighted by atomic mass is 32.2. The van der Waals surface area contributed by atoms with Crippen molar-refractivity contribution in [3.63, 3.8) is 0 Å². The molecule has 2 rings (SSSR count). The minimum Gasteiger partial charge on any atom is -0.314 e. The molecule has 0 aliphatic carbocycles. The monoisotopic (exact) mass is 290 g/mol. The van der Waals surface area contributed by atoms with Crippen molar-refractivity contribution in [2.75, 3.05) is 52.4 Å². The summed E-state index contributed by atoms with van der Waals surface area (Å²) in [6, 6.07) is 0. The van der Waals surface area contributed by atoms with Gasteiger partial charge >= 0.3 is 0 Å². The van der Waals surface area contributed by atoms with Gasteiger partial charge in [-0.05, 0) is 18.8 Å². The Morgan fingerprint density at radius 2 is 1.79 bits per heavy atom. The number of rotatable bonds is 5. The average molecular weight is 290 g/mol. The quantitative estimate of drug-likeness (QED) is 0.714. The van der Waals surface area contributed by atoms with Crippen molar-refractivity contribution in [2.45, 2.75) is 19.8 Å². The summed E-state index contributed by atoms with van der Waals surface area (Å²) >= 11 is 0. The van der Waals surface area contributed by atoms with Gasteiger partial charge in [-0.25, -0.2) is 4.72 Å². The number of hydrogen-bond acceptors (Lipinski definition) is 4. The normalized spacial score (nSPS) is 24.7. The Labute approximate surface area is 116 Å². The Hall–Kier alpha value is -0.210. The average Bonchev–Trinajstić information content (AvgIpc) is 2.40. The SMILES string of the molecule is CC1CCN(S(=O)(=O)NCCN2CCNCC2)CC1. The van der Waals surface area contributed by atoms with Crippen LogP contribution in [-0.2, 0) is 10.2 Å². The molecule has 0 bridgehead atoms. The first kappa shape index (κ1) is 15.2. The van der Waals surface area contributed by atoms with Crippen LogP contribution in [0.2, 0.25) is 0 Å². The predicted molar refractivity (Wildman–Crippen MR) is 76.2 cm³/mol. The molecule has 0 atom stereocenters. The lowest BCUT2D eigenvalue weighted by Gasteiger charge is -2.30.